The first-order chi connectivity index (χ1) is 9.70. The van der Waals surface area contributed by atoms with Crippen molar-refractivity contribution in [3.05, 3.63) is 53.6 Å². The van der Waals surface area contributed by atoms with Crippen LogP contribution in [-0.4, -0.2) is 8.42 Å². The average Bonchev–Trinajstić information content (AvgIpc) is 2.38. The van der Waals surface area contributed by atoms with Crippen LogP contribution in [0, 0.1) is 23.3 Å². The maximum absolute atomic E-state index is 13.1. The van der Waals surface area contributed by atoms with E-state index in [1.807, 2.05) is 0 Å². The lowest BCUT2D eigenvalue weighted by molar-refractivity contribution is 0.448. The molecule has 0 atom stereocenters. The van der Waals surface area contributed by atoms with Crippen LogP contribution in [0.2, 0.25) is 0 Å². The molecule has 0 fully saturated rings. The lowest BCUT2D eigenvalue weighted by Crippen LogP contribution is -2.15. The molecule has 112 valence electrons. The molecular weight excluding hydrogens is 312 g/mol. The first-order valence-corrected chi connectivity index (χ1v) is 6.91. The van der Waals surface area contributed by atoms with Gasteiger partial charge in [0.15, 0.2) is 17.5 Å². The smallest absolute Gasteiger partial charge is 0.264 e. The number of rotatable bonds is 3. The summed E-state index contributed by atoms with van der Waals surface area (Å²) in [7, 11) is -4.38. The van der Waals surface area contributed by atoms with E-state index in [1.165, 1.54) is 0 Å². The highest BCUT2D eigenvalue weighted by molar-refractivity contribution is 7.92. The highest BCUT2D eigenvalue weighted by Crippen LogP contribution is 2.24. The SMILES string of the molecule is Nc1ccc(F)cc1S(=O)(=O)Nc1cc(F)c(F)c(F)c1. The molecule has 0 radical (unpaired) electrons. The van der Waals surface area contributed by atoms with Crippen molar-refractivity contribution in [2.24, 2.45) is 0 Å². The molecule has 0 aliphatic rings. The Hall–Kier alpha value is -2.29. The minimum Gasteiger partial charge on any atom is -0.398 e. The van der Waals surface area contributed by atoms with Gasteiger partial charge in [-0.3, -0.25) is 4.72 Å². The van der Waals surface area contributed by atoms with Crippen molar-refractivity contribution < 1.29 is 26.0 Å². The van der Waals surface area contributed by atoms with Gasteiger partial charge < -0.3 is 5.73 Å². The standard InChI is InChI=1S/C12H8F4N2O2S/c13-6-1-2-10(17)11(3-6)21(19,20)18-7-4-8(14)12(16)9(15)5-7/h1-5,18H,17H2. The molecule has 2 aromatic carbocycles. The van der Waals surface area contributed by atoms with Crippen LogP contribution in [0.5, 0.6) is 0 Å². The van der Waals surface area contributed by atoms with Crippen LogP contribution in [0.15, 0.2) is 35.2 Å². The van der Waals surface area contributed by atoms with Gasteiger partial charge >= 0.3 is 0 Å². The third kappa shape index (κ3) is 3.07. The van der Waals surface area contributed by atoms with E-state index in [0.717, 1.165) is 12.1 Å². The van der Waals surface area contributed by atoms with Gasteiger partial charge in [-0.1, -0.05) is 0 Å². The molecule has 0 aliphatic heterocycles. The second-order valence-corrected chi connectivity index (χ2v) is 5.69. The molecule has 2 aromatic rings. The molecule has 0 amide bonds. The number of hydrogen-bond acceptors (Lipinski definition) is 3. The van der Waals surface area contributed by atoms with Crippen LogP contribution in [0.25, 0.3) is 0 Å². The van der Waals surface area contributed by atoms with Crippen molar-refractivity contribution in [2.75, 3.05) is 10.5 Å². The van der Waals surface area contributed by atoms with Crippen molar-refractivity contribution >= 4 is 21.4 Å². The minimum absolute atomic E-state index is 0.257. The van der Waals surface area contributed by atoms with Crippen molar-refractivity contribution in [3.63, 3.8) is 0 Å². The molecule has 3 N–H and O–H groups in total. The third-order valence-electron chi connectivity index (χ3n) is 2.50. The van der Waals surface area contributed by atoms with Gasteiger partial charge in [-0.2, -0.15) is 0 Å². The first-order valence-electron chi connectivity index (χ1n) is 5.43. The van der Waals surface area contributed by atoms with Crippen molar-refractivity contribution in [1.29, 1.82) is 0 Å². The van der Waals surface area contributed by atoms with Crippen LogP contribution in [-0.2, 0) is 10.0 Å². The minimum atomic E-state index is -4.38. The van der Waals surface area contributed by atoms with Gasteiger partial charge in [-0.25, -0.2) is 26.0 Å². The van der Waals surface area contributed by atoms with Crippen LogP contribution in [0.3, 0.4) is 0 Å². The number of halogens is 4. The highest BCUT2D eigenvalue weighted by atomic mass is 32.2. The second kappa shape index (κ2) is 5.24. The molecule has 0 aromatic heterocycles. The van der Waals surface area contributed by atoms with Gasteiger partial charge in [0.2, 0.25) is 0 Å². The summed E-state index contributed by atoms with van der Waals surface area (Å²) in [5.74, 6) is -5.73. The Morgan fingerprint density at radius 1 is 0.952 bits per heavy atom. The molecule has 9 heteroatoms. The van der Waals surface area contributed by atoms with Gasteiger partial charge in [0.05, 0.1) is 11.4 Å². The number of hydrogen-bond donors (Lipinski definition) is 2. The Bertz CT molecular complexity index is 786. The van der Waals surface area contributed by atoms with Crippen LogP contribution in [0.1, 0.15) is 0 Å². The predicted octanol–water partition coefficient (Wildman–Crippen LogP) is 2.63. The van der Waals surface area contributed by atoms with E-state index in [2.05, 4.69) is 0 Å². The zero-order chi connectivity index (χ0) is 15.8. The lowest BCUT2D eigenvalue weighted by atomic mass is 10.3. The molecule has 0 aliphatic carbocycles. The maximum atomic E-state index is 13.1. The Morgan fingerprint density at radius 3 is 2.10 bits per heavy atom. The van der Waals surface area contributed by atoms with E-state index >= 15 is 0 Å². The molecule has 0 saturated heterocycles. The van der Waals surface area contributed by atoms with Gasteiger partial charge in [0.25, 0.3) is 10.0 Å². The first kappa shape index (κ1) is 15.1. The fourth-order valence-electron chi connectivity index (χ4n) is 1.57. The van der Waals surface area contributed by atoms with Crippen molar-refractivity contribution in [2.45, 2.75) is 4.90 Å². The summed E-state index contributed by atoms with van der Waals surface area (Å²) in [6.45, 7) is 0. The normalized spacial score (nSPS) is 11.4. The average molecular weight is 320 g/mol. The number of benzene rings is 2. The predicted molar refractivity (Wildman–Crippen MR) is 67.9 cm³/mol. The van der Waals surface area contributed by atoms with Gasteiger partial charge in [-0.15, -0.1) is 0 Å². The Balaban J connectivity index is 2.45. The summed E-state index contributed by atoms with van der Waals surface area (Å²) in [5, 5.41) is 0. The van der Waals surface area contributed by atoms with E-state index < -0.39 is 43.9 Å². The molecule has 0 heterocycles. The lowest BCUT2D eigenvalue weighted by Gasteiger charge is -2.10. The summed E-state index contributed by atoms with van der Waals surface area (Å²) in [6.07, 6.45) is 0. The number of nitrogens with one attached hydrogen (secondary N) is 1. The zero-order valence-corrected chi connectivity index (χ0v) is 11.0. The van der Waals surface area contributed by atoms with Crippen LogP contribution >= 0.6 is 0 Å². The summed E-state index contributed by atoms with van der Waals surface area (Å²) < 4.78 is 77.7. The monoisotopic (exact) mass is 320 g/mol. The molecule has 0 unspecified atom stereocenters. The largest absolute Gasteiger partial charge is 0.398 e. The van der Waals surface area contributed by atoms with Gasteiger partial charge in [-0.05, 0) is 18.2 Å². The topological polar surface area (TPSA) is 72.2 Å². The molecule has 0 saturated carbocycles. The molecular formula is C12H8F4N2O2S. The van der Waals surface area contributed by atoms with Gasteiger partial charge in [0.1, 0.15) is 10.7 Å². The fraction of sp³-hybridized carbons (Fsp3) is 0. The zero-order valence-electron chi connectivity index (χ0n) is 10.2. The molecule has 4 nitrogen and oxygen atoms in total. The Labute approximate surface area is 117 Å². The molecule has 0 spiro atoms. The number of nitrogen functional groups attached to an aromatic ring is 1. The molecule has 2 rings (SSSR count). The summed E-state index contributed by atoms with van der Waals surface area (Å²) >= 11 is 0. The Kier molecular flexibility index (Phi) is 3.77. The Morgan fingerprint density at radius 2 is 1.52 bits per heavy atom. The summed E-state index contributed by atoms with van der Waals surface area (Å²) in [4.78, 5) is -0.604. The number of sulfonamides is 1. The highest BCUT2D eigenvalue weighted by Gasteiger charge is 2.20. The van der Waals surface area contributed by atoms with E-state index in [9.17, 15) is 26.0 Å². The summed E-state index contributed by atoms with van der Waals surface area (Å²) in [5.41, 5.74) is 4.60. The van der Waals surface area contributed by atoms with E-state index in [1.54, 1.807) is 4.72 Å². The maximum Gasteiger partial charge on any atom is 0.264 e. The van der Waals surface area contributed by atoms with Crippen LogP contribution in [0.4, 0.5) is 28.9 Å². The molecule has 21 heavy (non-hydrogen) atoms. The van der Waals surface area contributed by atoms with E-state index in [0.29, 0.717) is 18.2 Å². The number of nitrogens with two attached hydrogens (primary N) is 1. The summed E-state index contributed by atoms with van der Waals surface area (Å²) in [6, 6.07) is 3.52. The van der Waals surface area contributed by atoms with Crippen molar-refractivity contribution in [1.82, 2.24) is 0 Å². The third-order valence-corrected chi connectivity index (χ3v) is 3.94. The van der Waals surface area contributed by atoms with E-state index in [4.69, 9.17) is 5.73 Å². The quantitative estimate of drug-likeness (QED) is 0.519. The fourth-order valence-corrected chi connectivity index (χ4v) is 2.75. The van der Waals surface area contributed by atoms with Crippen LogP contribution < -0.4 is 10.5 Å². The van der Waals surface area contributed by atoms with Crippen molar-refractivity contribution in [3.8, 4) is 0 Å². The van der Waals surface area contributed by atoms with E-state index in [-0.39, 0.29) is 5.69 Å². The van der Waals surface area contributed by atoms with Gasteiger partial charge in [0, 0.05) is 12.1 Å². The molecule has 0 bridgehead atoms. The number of anilines is 2. The second-order valence-electron chi connectivity index (χ2n) is 4.04.